The molecule has 2 rings (SSSR count). The lowest BCUT2D eigenvalue weighted by molar-refractivity contribution is -0.383. The largest absolute Gasteiger partial charge is 0.434 e. The molecule has 1 aromatic heterocycles. The second kappa shape index (κ2) is 7.09. The van der Waals surface area contributed by atoms with Crippen molar-refractivity contribution < 1.29 is 26.9 Å². The Morgan fingerprint density at radius 1 is 1.38 bits per heavy atom. The van der Waals surface area contributed by atoms with Crippen LogP contribution in [0.25, 0.3) is 0 Å². The SMILES string of the molecule is CS(=O)(=O)c1cc([N+](=O)[O-])c(NCc2ccccc2OC(F)F)s1. The number of nitrogens with zero attached hydrogens (tertiary/aromatic N) is 1. The van der Waals surface area contributed by atoms with E-state index in [1.807, 2.05) is 0 Å². The minimum absolute atomic E-state index is 0.0206. The van der Waals surface area contributed by atoms with E-state index in [0.29, 0.717) is 16.9 Å². The van der Waals surface area contributed by atoms with E-state index in [1.54, 1.807) is 6.07 Å². The normalized spacial score (nSPS) is 11.5. The highest BCUT2D eigenvalue weighted by molar-refractivity contribution is 7.92. The number of halogens is 2. The molecule has 0 aliphatic heterocycles. The number of hydrogen-bond donors (Lipinski definition) is 1. The first-order chi connectivity index (χ1) is 11.2. The van der Waals surface area contributed by atoms with Crippen LogP contribution >= 0.6 is 11.3 Å². The van der Waals surface area contributed by atoms with E-state index >= 15 is 0 Å². The molecule has 2 aromatic rings. The summed E-state index contributed by atoms with van der Waals surface area (Å²) in [7, 11) is -3.59. The van der Waals surface area contributed by atoms with Gasteiger partial charge >= 0.3 is 12.3 Å². The Bertz CT molecular complexity index is 852. The van der Waals surface area contributed by atoms with Gasteiger partial charge in [0.05, 0.1) is 4.92 Å². The summed E-state index contributed by atoms with van der Waals surface area (Å²) in [5.41, 5.74) is -0.0471. The molecule has 0 spiro atoms. The number of nitro groups is 1. The predicted octanol–water partition coefficient (Wildman–Crippen LogP) is 3.27. The molecule has 0 atom stereocenters. The van der Waals surface area contributed by atoms with Crippen LogP contribution in [0.3, 0.4) is 0 Å². The van der Waals surface area contributed by atoms with E-state index in [9.17, 15) is 27.3 Å². The molecule has 0 saturated heterocycles. The third kappa shape index (κ3) is 4.38. The fourth-order valence-corrected chi connectivity index (χ4v) is 3.78. The molecule has 1 N–H and O–H groups in total. The third-order valence-electron chi connectivity index (χ3n) is 2.88. The minimum Gasteiger partial charge on any atom is -0.434 e. The van der Waals surface area contributed by atoms with Crippen molar-refractivity contribution in [3.63, 3.8) is 0 Å². The van der Waals surface area contributed by atoms with E-state index < -0.39 is 27.1 Å². The molecule has 0 radical (unpaired) electrons. The van der Waals surface area contributed by atoms with Gasteiger partial charge in [-0.2, -0.15) is 8.78 Å². The second-order valence-electron chi connectivity index (χ2n) is 4.65. The highest BCUT2D eigenvalue weighted by Crippen LogP contribution is 2.37. The molecule has 0 fully saturated rings. The molecule has 7 nitrogen and oxygen atoms in total. The van der Waals surface area contributed by atoms with E-state index in [0.717, 1.165) is 12.3 Å². The number of ether oxygens (including phenoxy) is 1. The van der Waals surface area contributed by atoms with Crippen molar-refractivity contribution in [3.05, 3.63) is 46.0 Å². The van der Waals surface area contributed by atoms with Crippen molar-refractivity contribution in [2.24, 2.45) is 0 Å². The van der Waals surface area contributed by atoms with Gasteiger partial charge in [-0.1, -0.05) is 29.5 Å². The predicted molar refractivity (Wildman–Crippen MR) is 84.5 cm³/mol. The molecule has 0 amide bonds. The summed E-state index contributed by atoms with van der Waals surface area (Å²) < 4.78 is 52.0. The number of anilines is 1. The Balaban J connectivity index is 2.27. The Morgan fingerprint density at radius 2 is 2.04 bits per heavy atom. The topological polar surface area (TPSA) is 98.5 Å². The molecule has 0 aliphatic carbocycles. The number of nitrogens with one attached hydrogen (secondary N) is 1. The fraction of sp³-hybridized carbons (Fsp3) is 0.231. The quantitative estimate of drug-likeness (QED) is 0.586. The maximum Gasteiger partial charge on any atom is 0.387 e. The Labute approximate surface area is 139 Å². The number of rotatable bonds is 7. The zero-order valence-electron chi connectivity index (χ0n) is 12.2. The highest BCUT2D eigenvalue weighted by Gasteiger charge is 2.23. The molecular weight excluding hydrogens is 366 g/mol. The Hall–Kier alpha value is -2.27. The van der Waals surface area contributed by atoms with Crippen molar-refractivity contribution in [3.8, 4) is 5.75 Å². The van der Waals surface area contributed by atoms with Crippen molar-refractivity contribution in [1.29, 1.82) is 0 Å². The number of benzene rings is 1. The van der Waals surface area contributed by atoms with Crippen LogP contribution in [0.1, 0.15) is 5.56 Å². The fourth-order valence-electron chi connectivity index (χ4n) is 1.84. The van der Waals surface area contributed by atoms with Crippen LogP contribution in [-0.4, -0.2) is 26.2 Å². The molecule has 130 valence electrons. The van der Waals surface area contributed by atoms with Gasteiger partial charge < -0.3 is 10.1 Å². The Kier molecular flexibility index (Phi) is 5.34. The summed E-state index contributed by atoms with van der Waals surface area (Å²) in [6.45, 7) is -3.05. The average molecular weight is 378 g/mol. The van der Waals surface area contributed by atoms with Crippen LogP contribution < -0.4 is 10.1 Å². The summed E-state index contributed by atoms with van der Waals surface area (Å²) in [4.78, 5) is 10.3. The van der Waals surface area contributed by atoms with E-state index in [2.05, 4.69) is 10.1 Å². The van der Waals surface area contributed by atoms with Gasteiger partial charge in [-0.3, -0.25) is 10.1 Å². The lowest BCUT2D eigenvalue weighted by Gasteiger charge is -2.11. The molecule has 0 bridgehead atoms. The average Bonchev–Trinajstić information content (AvgIpc) is 2.90. The maximum absolute atomic E-state index is 12.4. The first-order valence-electron chi connectivity index (χ1n) is 6.43. The van der Waals surface area contributed by atoms with Gasteiger partial charge in [0.2, 0.25) is 0 Å². The number of sulfone groups is 1. The van der Waals surface area contributed by atoms with Crippen LogP contribution in [0.4, 0.5) is 19.5 Å². The van der Waals surface area contributed by atoms with Gasteiger partial charge in [-0.15, -0.1) is 0 Å². The second-order valence-corrected chi connectivity index (χ2v) is 7.94. The standard InChI is InChI=1S/C13H12F2N2O5S2/c1-24(20,21)11-6-9(17(18)19)12(23-11)16-7-8-4-2-3-5-10(8)22-13(14)15/h2-6,13,16H,7H2,1H3. The molecule has 1 aromatic carbocycles. The first kappa shape index (κ1) is 18.1. The van der Waals surface area contributed by atoms with Crippen LogP contribution in [0.5, 0.6) is 5.75 Å². The van der Waals surface area contributed by atoms with Gasteiger partial charge in [0, 0.05) is 24.4 Å². The van der Waals surface area contributed by atoms with Crippen LogP contribution in [-0.2, 0) is 16.4 Å². The minimum atomic E-state index is -3.59. The lowest BCUT2D eigenvalue weighted by atomic mass is 10.2. The van der Waals surface area contributed by atoms with Crippen LogP contribution in [0.15, 0.2) is 34.5 Å². The zero-order valence-corrected chi connectivity index (χ0v) is 13.9. The van der Waals surface area contributed by atoms with Gasteiger partial charge in [-0.05, 0) is 6.07 Å². The molecule has 0 saturated carbocycles. The van der Waals surface area contributed by atoms with Crippen LogP contribution in [0, 0.1) is 10.1 Å². The van der Waals surface area contributed by atoms with Gasteiger partial charge in [0.25, 0.3) is 0 Å². The summed E-state index contributed by atoms with van der Waals surface area (Å²) in [6.07, 6.45) is 0.943. The lowest BCUT2D eigenvalue weighted by Crippen LogP contribution is -2.07. The molecular formula is C13H12F2N2O5S2. The summed E-state index contributed by atoms with van der Waals surface area (Å²) in [6, 6.07) is 6.93. The molecule has 24 heavy (non-hydrogen) atoms. The third-order valence-corrected chi connectivity index (χ3v) is 5.76. The first-order valence-corrected chi connectivity index (χ1v) is 9.14. The Morgan fingerprint density at radius 3 is 2.62 bits per heavy atom. The van der Waals surface area contributed by atoms with Gasteiger partial charge in [0.15, 0.2) is 14.8 Å². The summed E-state index contributed by atoms with van der Waals surface area (Å²) >= 11 is 0.704. The maximum atomic E-state index is 12.4. The number of hydrogen-bond acceptors (Lipinski definition) is 7. The number of alkyl halides is 2. The van der Waals surface area contributed by atoms with Gasteiger partial charge in [0.1, 0.15) is 9.96 Å². The molecule has 0 unspecified atom stereocenters. The summed E-state index contributed by atoms with van der Waals surface area (Å²) in [5, 5.41) is 13.8. The number of para-hydroxylation sites is 1. The zero-order chi connectivity index (χ0) is 17.9. The highest BCUT2D eigenvalue weighted by atomic mass is 32.2. The van der Waals surface area contributed by atoms with E-state index in [4.69, 9.17) is 0 Å². The molecule has 1 heterocycles. The van der Waals surface area contributed by atoms with Gasteiger partial charge in [-0.25, -0.2) is 8.42 Å². The van der Waals surface area contributed by atoms with Crippen molar-refractivity contribution in [1.82, 2.24) is 0 Å². The summed E-state index contributed by atoms with van der Waals surface area (Å²) in [5.74, 6) is -0.0671. The van der Waals surface area contributed by atoms with Crippen molar-refractivity contribution in [2.45, 2.75) is 17.4 Å². The number of thiophene rings is 1. The van der Waals surface area contributed by atoms with E-state index in [-0.39, 0.29) is 21.5 Å². The van der Waals surface area contributed by atoms with E-state index in [1.165, 1.54) is 18.2 Å². The molecule has 0 aliphatic rings. The van der Waals surface area contributed by atoms with Crippen LogP contribution in [0.2, 0.25) is 0 Å². The smallest absolute Gasteiger partial charge is 0.387 e. The monoisotopic (exact) mass is 378 g/mol. The van der Waals surface area contributed by atoms with Crippen molar-refractivity contribution >= 4 is 31.9 Å². The molecule has 11 heteroatoms. The van der Waals surface area contributed by atoms with Crippen molar-refractivity contribution in [2.75, 3.05) is 11.6 Å².